The molecule has 1 aromatic heterocycles. The molecule has 3 N–H and O–H groups in total. The third kappa shape index (κ3) is 7.01. The van der Waals surface area contributed by atoms with E-state index in [2.05, 4.69) is 26.6 Å². The molecular weight excluding hydrogens is 494 g/mol. The van der Waals surface area contributed by atoms with Gasteiger partial charge < -0.3 is 30.1 Å². The standard InChI is InChI=1S/C27H30ClN5O4/c1-3-33(4-2)15-19(34)16-36-26-13-24-21(11-17(26)14-29)25(9-10-30-24)37-20-7-8-23(22(28)12-20)32-27(35)31-18-5-6-18/h7-13,18-19,34H,3-6,15-16H2,1-2H3,(H2,31,32,35)/t19-/m1/s1. The smallest absolute Gasteiger partial charge is 0.319 e. The van der Waals surface area contributed by atoms with Crippen LogP contribution in [0.2, 0.25) is 5.02 Å². The maximum absolute atomic E-state index is 12.0. The summed E-state index contributed by atoms with van der Waals surface area (Å²) in [6.07, 6.45) is 2.90. The number of urea groups is 1. The van der Waals surface area contributed by atoms with Crippen LogP contribution < -0.4 is 20.1 Å². The molecule has 1 aliphatic rings. The summed E-state index contributed by atoms with van der Waals surface area (Å²) >= 11 is 6.37. The Bertz CT molecular complexity index is 1300. The van der Waals surface area contributed by atoms with Crippen LogP contribution in [0.25, 0.3) is 10.9 Å². The second-order valence-electron chi connectivity index (χ2n) is 8.85. The number of fused-ring (bicyclic) bond motifs is 1. The Hall–Kier alpha value is -3.58. The third-order valence-corrected chi connectivity index (χ3v) is 6.36. The van der Waals surface area contributed by atoms with Crippen LogP contribution in [-0.2, 0) is 0 Å². The van der Waals surface area contributed by atoms with Gasteiger partial charge in [0.25, 0.3) is 0 Å². The number of halogens is 1. The van der Waals surface area contributed by atoms with Gasteiger partial charge in [0.15, 0.2) is 0 Å². The number of hydrogen-bond donors (Lipinski definition) is 3. The van der Waals surface area contributed by atoms with Crippen LogP contribution in [0, 0.1) is 11.3 Å². The van der Waals surface area contributed by atoms with E-state index in [1.54, 1.807) is 42.6 Å². The zero-order chi connectivity index (χ0) is 26.4. The molecule has 0 aliphatic heterocycles. The number of carbonyl (C=O) groups excluding carboxylic acids is 1. The first-order chi connectivity index (χ1) is 17.9. The summed E-state index contributed by atoms with van der Waals surface area (Å²) in [6, 6.07) is 12.1. The lowest BCUT2D eigenvalue weighted by atomic mass is 10.1. The summed E-state index contributed by atoms with van der Waals surface area (Å²) in [7, 11) is 0. The highest BCUT2D eigenvalue weighted by Gasteiger charge is 2.23. The number of aliphatic hydroxyl groups is 1. The minimum absolute atomic E-state index is 0.0600. The maximum Gasteiger partial charge on any atom is 0.319 e. The number of benzene rings is 2. The highest BCUT2D eigenvalue weighted by atomic mass is 35.5. The molecule has 9 nitrogen and oxygen atoms in total. The van der Waals surface area contributed by atoms with Crippen molar-refractivity contribution in [1.82, 2.24) is 15.2 Å². The zero-order valence-electron chi connectivity index (χ0n) is 20.8. The van der Waals surface area contributed by atoms with Crippen LogP contribution in [0.5, 0.6) is 17.2 Å². The highest BCUT2D eigenvalue weighted by molar-refractivity contribution is 6.33. The molecule has 0 unspecified atom stereocenters. The molecule has 0 spiro atoms. The fourth-order valence-electron chi connectivity index (χ4n) is 3.82. The number of aromatic nitrogens is 1. The first kappa shape index (κ1) is 26.5. The Morgan fingerprint density at radius 1 is 1.24 bits per heavy atom. The van der Waals surface area contributed by atoms with E-state index in [-0.39, 0.29) is 18.7 Å². The van der Waals surface area contributed by atoms with Crippen molar-refractivity contribution in [3.63, 3.8) is 0 Å². The van der Waals surface area contributed by atoms with Gasteiger partial charge >= 0.3 is 6.03 Å². The number of rotatable bonds is 11. The number of nitriles is 1. The quantitative estimate of drug-likeness (QED) is 0.326. The number of hydrogen-bond acceptors (Lipinski definition) is 7. The number of carbonyl (C=O) groups is 1. The van der Waals surface area contributed by atoms with Gasteiger partial charge in [-0.1, -0.05) is 25.4 Å². The molecule has 0 radical (unpaired) electrons. The minimum atomic E-state index is -0.688. The second kappa shape index (κ2) is 12.1. The SMILES string of the molecule is CCN(CC)C[C@@H](O)COc1cc2nccc(Oc3ccc(NC(=O)NC4CC4)c(Cl)c3)c2cc1C#N. The van der Waals surface area contributed by atoms with E-state index in [1.807, 2.05) is 13.8 Å². The molecule has 0 bridgehead atoms. The van der Waals surface area contributed by atoms with E-state index >= 15 is 0 Å². The van der Waals surface area contributed by atoms with Gasteiger partial charge in [-0.2, -0.15) is 5.26 Å². The average molecular weight is 524 g/mol. The molecule has 3 aromatic rings. The number of ether oxygens (including phenoxy) is 2. The van der Waals surface area contributed by atoms with Gasteiger partial charge in [-0.15, -0.1) is 0 Å². The zero-order valence-corrected chi connectivity index (χ0v) is 21.6. The van der Waals surface area contributed by atoms with Crippen LogP contribution in [-0.4, -0.2) is 59.4 Å². The van der Waals surface area contributed by atoms with Crippen molar-refractivity contribution in [2.75, 3.05) is 31.6 Å². The van der Waals surface area contributed by atoms with Crippen molar-refractivity contribution in [2.24, 2.45) is 0 Å². The third-order valence-electron chi connectivity index (χ3n) is 6.05. The topological polar surface area (TPSA) is 120 Å². The molecule has 194 valence electrons. The Morgan fingerprint density at radius 2 is 2.03 bits per heavy atom. The molecule has 2 aromatic carbocycles. The Labute approximate surface area is 221 Å². The Balaban J connectivity index is 1.49. The lowest BCUT2D eigenvalue weighted by Crippen LogP contribution is -2.35. The van der Waals surface area contributed by atoms with Crippen LogP contribution >= 0.6 is 11.6 Å². The van der Waals surface area contributed by atoms with Crippen LogP contribution in [0.1, 0.15) is 32.3 Å². The lowest BCUT2D eigenvalue weighted by Gasteiger charge is -2.22. The molecule has 1 heterocycles. The monoisotopic (exact) mass is 523 g/mol. The van der Waals surface area contributed by atoms with Crippen molar-refractivity contribution in [1.29, 1.82) is 5.26 Å². The summed E-state index contributed by atoms with van der Waals surface area (Å²) in [6.45, 7) is 6.28. The van der Waals surface area contributed by atoms with Crippen molar-refractivity contribution in [2.45, 2.75) is 38.8 Å². The van der Waals surface area contributed by atoms with E-state index in [0.29, 0.717) is 51.0 Å². The number of anilines is 1. The van der Waals surface area contributed by atoms with E-state index in [9.17, 15) is 15.2 Å². The van der Waals surface area contributed by atoms with Gasteiger partial charge in [-0.25, -0.2) is 4.79 Å². The molecular formula is C27H30ClN5O4. The molecule has 10 heteroatoms. The highest BCUT2D eigenvalue weighted by Crippen LogP contribution is 2.35. The molecule has 4 rings (SSSR count). The van der Waals surface area contributed by atoms with E-state index in [4.69, 9.17) is 21.1 Å². The fraction of sp³-hybridized carbons (Fsp3) is 0.370. The van der Waals surface area contributed by atoms with Gasteiger partial charge in [0.2, 0.25) is 0 Å². The number of aliphatic hydroxyl groups excluding tert-OH is 1. The molecule has 1 aliphatic carbocycles. The number of amides is 2. The summed E-state index contributed by atoms with van der Waals surface area (Å²) in [5, 5.41) is 26.6. The number of nitrogens with zero attached hydrogens (tertiary/aromatic N) is 3. The second-order valence-corrected chi connectivity index (χ2v) is 9.26. The lowest BCUT2D eigenvalue weighted by molar-refractivity contribution is 0.0716. The summed E-state index contributed by atoms with van der Waals surface area (Å²) in [5.41, 5.74) is 1.36. The van der Waals surface area contributed by atoms with Crippen molar-refractivity contribution in [3.05, 3.63) is 53.2 Å². The van der Waals surface area contributed by atoms with Gasteiger partial charge in [0, 0.05) is 36.3 Å². The number of likely N-dealkylation sites (N-methyl/N-ethyl adjacent to an activating group) is 1. The summed E-state index contributed by atoms with van der Waals surface area (Å²) < 4.78 is 11.9. The predicted octanol–water partition coefficient (Wildman–Crippen LogP) is 4.92. The normalized spacial score (nSPS) is 13.7. The average Bonchev–Trinajstić information content (AvgIpc) is 3.71. The number of nitrogens with one attached hydrogen (secondary N) is 2. The Kier molecular flexibility index (Phi) is 8.66. The molecule has 1 saturated carbocycles. The van der Waals surface area contributed by atoms with Crippen molar-refractivity contribution >= 4 is 34.2 Å². The molecule has 37 heavy (non-hydrogen) atoms. The van der Waals surface area contributed by atoms with Crippen LogP contribution in [0.15, 0.2) is 42.6 Å². The molecule has 2 amide bonds. The molecule has 0 saturated heterocycles. The largest absolute Gasteiger partial charge is 0.489 e. The predicted molar refractivity (Wildman–Crippen MR) is 142 cm³/mol. The summed E-state index contributed by atoms with van der Waals surface area (Å²) in [5.74, 6) is 1.29. The number of pyridine rings is 1. The summed E-state index contributed by atoms with van der Waals surface area (Å²) in [4.78, 5) is 18.5. The van der Waals surface area contributed by atoms with E-state index < -0.39 is 6.10 Å². The van der Waals surface area contributed by atoms with Crippen LogP contribution in [0.4, 0.5) is 10.5 Å². The minimum Gasteiger partial charge on any atom is -0.489 e. The van der Waals surface area contributed by atoms with E-state index in [1.165, 1.54) is 0 Å². The van der Waals surface area contributed by atoms with Crippen LogP contribution in [0.3, 0.4) is 0 Å². The first-order valence-corrected chi connectivity index (χ1v) is 12.7. The van der Waals surface area contributed by atoms with Gasteiger partial charge in [-0.05, 0) is 50.2 Å². The van der Waals surface area contributed by atoms with Gasteiger partial charge in [0.1, 0.15) is 36.0 Å². The molecule has 1 atom stereocenters. The van der Waals surface area contributed by atoms with E-state index in [0.717, 1.165) is 25.9 Å². The first-order valence-electron chi connectivity index (χ1n) is 12.3. The van der Waals surface area contributed by atoms with Crippen molar-refractivity contribution in [3.8, 4) is 23.3 Å². The van der Waals surface area contributed by atoms with Crippen molar-refractivity contribution < 1.29 is 19.4 Å². The van der Waals surface area contributed by atoms with Gasteiger partial charge in [-0.3, -0.25) is 4.98 Å². The molecule has 1 fully saturated rings. The fourth-order valence-corrected chi connectivity index (χ4v) is 4.04. The maximum atomic E-state index is 12.0. The Morgan fingerprint density at radius 3 is 2.70 bits per heavy atom. The van der Waals surface area contributed by atoms with Gasteiger partial charge in [0.05, 0.1) is 21.8 Å².